The summed E-state index contributed by atoms with van der Waals surface area (Å²) in [7, 11) is 0. The summed E-state index contributed by atoms with van der Waals surface area (Å²) in [5, 5.41) is 19.5. The van der Waals surface area contributed by atoms with Gasteiger partial charge in [0.1, 0.15) is 5.82 Å². The second-order valence-electron chi connectivity index (χ2n) is 10.3. The van der Waals surface area contributed by atoms with Crippen molar-refractivity contribution in [2.24, 2.45) is 5.92 Å². The molecule has 2 aliphatic rings. The van der Waals surface area contributed by atoms with Gasteiger partial charge in [0.2, 0.25) is 5.91 Å². The average molecular weight is 461 g/mol. The molecule has 8 nitrogen and oxygen atoms in total. The lowest BCUT2D eigenvalue weighted by molar-refractivity contribution is -0.130. The molecule has 3 amide bonds. The Morgan fingerprint density at radius 1 is 1.15 bits per heavy atom. The van der Waals surface area contributed by atoms with Gasteiger partial charge in [0, 0.05) is 24.1 Å². The van der Waals surface area contributed by atoms with Gasteiger partial charge in [-0.05, 0) is 29.2 Å². The predicted molar refractivity (Wildman–Crippen MR) is 132 cm³/mol. The lowest BCUT2D eigenvalue weighted by Crippen LogP contribution is -2.57. The highest BCUT2D eigenvalue weighted by Gasteiger charge is 2.40. The maximum absolute atomic E-state index is 12.9. The minimum atomic E-state index is -0.503. The molecule has 2 aromatic carbocycles. The van der Waals surface area contributed by atoms with Crippen molar-refractivity contribution in [1.29, 1.82) is 0 Å². The van der Waals surface area contributed by atoms with Gasteiger partial charge < -0.3 is 10.6 Å². The number of nitrogens with zero attached hydrogens (tertiary/aromatic N) is 2. The van der Waals surface area contributed by atoms with Crippen molar-refractivity contribution in [2.45, 2.75) is 64.3 Å². The number of benzene rings is 2. The zero-order valence-electron chi connectivity index (χ0n) is 19.9. The van der Waals surface area contributed by atoms with Crippen LogP contribution in [0.1, 0.15) is 57.6 Å². The van der Waals surface area contributed by atoms with E-state index in [0.717, 1.165) is 41.3 Å². The van der Waals surface area contributed by atoms with Crippen LogP contribution in [-0.4, -0.2) is 27.8 Å². The largest absolute Gasteiger partial charge is 0.334 e. The minimum absolute atomic E-state index is 0.00861. The van der Waals surface area contributed by atoms with Crippen LogP contribution in [0.5, 0.6) is 0 Å². The third-order valence-electron chi connectivity index (χ3n) is 6.81. The van der Waals surface area contributed by atoms with Crippen molar-refractivity contribution >= 4 is 28.5 Å². The Kier molecular flexibility index (Phi) is 5.77. The third kappa shape index (κ3) is 4.37. The van der Waals surface area contributed by atoms with E-state index in [4.69, 9.17) is 5.10 Å². The number of nitrogens with one attached hydrogen (secondary N) is 4. The average Bonchev–Trinajstić information content (AvgIpc) is 3.45. The molecule has 3 unspecified atom stereocenters. The summed E-state index contributed by atoms with van der Waals surface area (Å²) in [5.74, 6) is 0.592. The van der Waals surface area contributed by atoms with E-state index < -0.39 is 6.29 Å². The van der Waals surface area contributed by atoms with Gasteiger partial charge in [-0.1, -0.05) is 69.7 Å². The SMILES string of the molecule is CC(C)(C)c1cc(NC(=O)NCc2cccc3ccccc23)n(C2NC(=O)C3CCCC3N2)n1. The molecule has 1 aliphatic carbocycles. The number of hydrogen-bond donors (Lipinski definition) is 4. The normalized spacial score (nSPS) is 22.3. The molecule has 0 spiro atoms. The molecular formula is C26H32N6O2. The smallest absolute Gasteiger partial charge is 0.320 e. The first-order valence-corrected chi connectivity index (χ1v) is 12.0. The molecule has 5 rings (SSSR count). The summed E-state index contributed by atoms with van der Waals surface area (Å²) in [6.45, 7) is 6.62. The lowest BCUT2D eigenvalue weighted by Gasteiger charge is -2.34. The molecule has 178 valence electrons. The van der Waals surface area contributed by atoms with E-state index in [2.05, 4.69) is 60.2 Å². The number of urea groups is 1. The highest BCUT2D eigenvalue weighted by Crippen LogP contribution is 2.32. The molecule has 3 atom stereocenters. The number of anilines is 1. The minimum Gasteiger partial charge on any atom is -0.334 e. The maximum Gasteiger partial charge on any atom is 0.320 e. The van der Waals surface area contributed by atoms with E-state index in [1.165, 1.54) is 0 Å². The second kappa shape index (κ2) is 8.76. The third-order valence-corrected chi connectivity index (χ3v) is 6.81. The number of carbonyl (C=O) groups is 2. The molecule has 4 N–H and O–H groups in total. The van der Waals surface area contributed by atoms with Crippen LogP contribution in [0.4, 0.5) is 10.6 Å². The van der Waals surface area contributed by atoms with Gasteiger partial charge >= 0.3 is 6.03 Å². The van der Waals surface area contributed by atoms with E-state index in [0.29, 0.717) is 12.4 Å². The summed E-state index contributed by atoms with van der Waals surface area (Å²) in [6, 6.07) is 15.9. The van der Waals surface area contributed by atoms with Gasteiger partial charge in [0.25, 0.3) is 0 Å². The summed E-state index contributed by atoms with van der Waals surface area (Å²) in [4.78, 5) is 25.6. The Labute approximate surface area is 199 Å². The first-order valence-electron chi connectivity index (χ1n) is 12.0. The van der Waals surface area contributed by atoms with Crippen molar-refractivity contribution in [3.63, 3.8) is 0 Å². The summed E-state index contributed by atoms with van der Waals surface area (Å²) >= 11 is 0. The molecule has 1 aliphatic heterocycles. The molecule has 1 aromatic heterocycles. The van der Waals surface area contributed by atoms with E-state index in [-0.39, 0.29) is 29.3 Å². The monoisotopic (exact) mass is 460 g/mol. The second-order valence-corrected chi connectivity index (χ2v) is 10.3. The molecular weight excluding hydrogens is 428 g/mol. The van der Waals surface area contributed by atoms with E-state index in [9.17, 15) is 9.59 Å². The summed E-state index contributed by atoms with van der Waals surface area (Å²) in [6.07, 6.45) is 2.41. The molecule has 1 saturated carbocycles. The van der Waals surface area contributed by atoms with E-state index in [1.807, 2.05) is 30.3 Å². The number of carbonyl (C=O) groups excluding carboxylic acids is 2. The number of fused-ring (bicyclic) bond motifs is 2. The standard InChI is InChI=1S/C26H32N6O2/c1-26(2,3)21-14-22(32(31-21)24-28-20-13-7-12-19(20)23(33)30-24)29-25(34)27-15-17-10-6-9-16-8-4-5-11-18(16)17/h4-6,8-11,14,19-20,24,28H,7,12-13,15H2,1-3H3,(H,30,33)(H2,27,29,34). The molecule has 34 heavy (non-hydrogen) atoms. The van der Waals surface area contributed by atoms with Gasteiger partial charge in [-0.2, -0.15) is 5.10 Å². The molecule has 3 aromatic rings. The molecule has 0 bridgehead atoms. The van der Waals surface area contributed by atoms with E-state index >= 15 is 0 Å². The summed E-state index contributed by atoms with van der Waals surface area (Å²) < 4.78 is 1.69. The van der Waals surface area contributed by atoms with Crippen molar-refractivity contribution in [3.8, 4) is 0 Å². The van der Waals surface area contributed by atoms with E-state index in [1.54, 1.807) is 4.68 Å². The molecule has 8 heteroatoms. The molecule has 1 saturated heterocycles. The first kappa shape index (κ1) is 22.4. The lowest BCUT2D eigenvalue weighted by atomic mass is 9.92. The van der Waals surface area contributed by atoms with Crippen LogP contribution >= 0.6 is 0 Å². The molecule has 2 fully saturated rings. The van der Waals surface area contributed by atoms with Crippen LogP contribution in [0.15, 0.2) is 48.5 Å². The quantitative estimate of drug-likeness (QED) is 0.473. The Bertz CT molecular complexity index is 1220. The fourth-order valence-corrected chi connectivity index (χ4v) is 4.93. The Morgan fingerprint density at radius 2 is 1.94 bits per heavy atom. The zero-order chi connectivity index (χ0) is 23.9. The highest BCUT2D eigenvalue weighted by atomic mass is 16.2. The fraction of sp³-hybridized carbons (Fsp3) is 0.423. The number of hydrogen-bond acceptors (Lipinski definition) is 4. The summed E-state index contributed by atoms with van der Waals surface area (Å²) in [5.41, 5.74) is 1.67. The van der Waals surface area contributed by atoms with Gasteiger partial charge in [-0.15, -0.1) is 0 Å². The predicted octanol–water partition coefficient (Wildman–Crippen LogP) is 4.00. The zero-order valence-corrected chi connectivity index (χ0v) is 19.9. The van der Waals surface area contributed by atoms with Crippen molar-refractivity contribution in [1.82, 2.24) is 25.7 Å². The Balaban J connectivity index is 1.34. The van der Waals surface area contributed by atoms with Gasteiger partial charge in [-0.25, -0.2) is 9.48 Å². The highest BCUT2D eigenvalue weighted by molar-refractivity contribution is 5.90. The maximum atomic E-state index is 12.9. The number of aromatic nitrogens is 2. The topological polar surface area (TPSA) is 100 Å². The van der Waals surface area contributed by atoms with Crippen LogP contribution in [0.25, 0.3) is 10.8 Å². The Morgan fingerprint density at radius 3 is 2.76 bits per heavy atom. The van der Waals surface area contributed by atoms with Crippen LogP contribution in [0.2, 0.25) is 0 Å². The van der Waals surface area contributed by atoms with Gasteiger partial charge in [0.05, 0.1) is 11.6 Å². The van der Waals surface area contributed by atoms with Gasteiger partial charge in [-0.3, -0.25) is 15.4 Å². The van der Waals surface area contributed by atoms with Crippen molar-refractivity contribution in [2.75, 3.05) is 5.32 Å². The van der Waals surface area contributed by atoms with Crippen LogP contribution in [0, 0.1) is 5.92 Å². The van der Waals surface area contributed by atoms with Gasteiger partial charge in [0.15, 0.2) is 6.29 Å². The number of rotatable bonds is 4. The molecule has 0 radical (unpaired) electrons. The molecule has 2 heterocycles. The van der Waals surface area contributed by atoms with Crippen LogP contribution < -0.4 is 21.3 Å². The number of amides is 3. The first-order chi connectivity index (χ1) is 16.3. The van der Waals surface area contributed by atoms with Crippen molar-refractivity contribution in [3.05, 3.63) is 59.8 Å². The van der Waals surface area contributed by atoms with Crippen LogP contribution in [-0.2, 0) is 16.8 Å². The van der Waals surface area contributed by atoms with Crippen LogP contribution in [0.3, 0.4) is 0 Å². The Hall–Kier alpha value is -3.39. The van der Waals surface area contributed by atoms with Crippen molar-refractivity contribution < 1.29 is 9.59 Å². The fourth-order valence-electron chi connectivity index (χ4n) is 4.93.